The molecule has 2 heteroatoms. The second-order valence-corrected chi connectivity index (χ2v) is 6.50. The van der Waals surface area contributed by atoms with Crippen molar-refractivity contribution in [2.24, 2.45) is 5.92 Å². The largest absolute Gasteiger partial charge is 0.310 e. The predicted molar refractivity (Wildman–Crippen MR) is 88.7 cm³/mol. The molecule has 0 fully saturated rings. The summed E-state index contributed by atoms with van der Waals surface area (Å²) in [4.78, 5) is 0. The Morgan fingerprint density at radius 1 is 1.16 bits per heavy atom. The first-order valence-corrected chi connectivity index (χ1v) is 8.28. The molecule has 1 N–H and O–H groups in total. The van der Waals surface area contributed by atoms with Gasteiger partial charge in [-0.2, -0.15) is 0 Å². The molecule has 0 aliphatic carbocycles. The van der Waals surface area contributed by atoms with Gasteiger partial charge in [0.25, 0.3) is 0 Å². The highest BCUT2D eigenvalue weighted by atomic mass is 79.9. The van der Waals surface area contributed by atoms with Crippen molar-refractivity contribution >= 4 is 15.9 Å². The standard InChI is InChI=1S/C17H28BrN/c1-6-8-12(3)9-16(19-7-2)15-10-13(4)17(18)14(5)11-15/h10-12,16,19H,6-9H2,1-5H3. The zero-order valence-corrected chi connectivity index (χ0v) is 14.6. The Morgan fingerprint density at radius 2 is 1.74 bits per heavy atom. The second kappa shape index (κ2) is 8.06. The third-order valence-corrected chi connectivity index (χ3v) is 4.98. The van der Waals surface area contributed by atoms with Crippen molar-refractivity contribution in [1.29, 1.82) is 0 Å². The van der Waals surface area contributed by atoms with Gasteiger partial charge in [0.2, 0.25) is 0 Å². The summed E-state index contributed by atoms with van der Waals surface area (Å²) < 4.78 is 1.24. The van der Waals surface area contributed by atoms with E-state index in [2.05, 4.69) is 68.0 Å². The van der Waals surface area contributed by atoms with Crippen LogP contribution in [0.25, 0.3) is 0 Å². The van der Waals surface area contributed by atoms with Crippen LogP contribution in [0, 0.1) is 19.8 Å². The maximum atomic E-state index is 3.66. The minimum absolute atomic E-state index is 0.483. The van der Waals surface area contributed by atoms with Crippen LogP contribution in [0.2, 0.25) is 0 Å². The molecular weight excluding hydrogens is 298 g/mol. The molecule has 0 amide bonds. The molecule has 0 aliphatic heterocycles. The Balaban J connectivity index is 2.92. The number of halogens is 1. The first kappa shape index (κ1) is 16.7. The molecular formula is C17H28BrN. The molecule has 0 saturated carbocycles. The highest BCUT2D eigenvalue weighted by Crippen LogP contribution is 2.29. The average Bonchev–Trinajstić information content (AvgIpc) is 2.35. The predicted octanol–water partition coefficient (Wildman–Crippen LogP) is 5.54. The Kier molecular flexibility index (Phi) is 7.09. The quantitative estimate of drug-likeness (QED) is 0.693. The van der Waals surface area contributed by atoms with Gasteiger partial charge in [0, 0.05) is 10.5 Å². The summed E-state index contributed by atoms with van der Waals surface area (Å²) in [7, 11) is 0. The summed E-state index contributed by atoms with van der Waals surface area (Å²) in [5.74, 6) is 0.776. The summed E-state index contributed by atoms with van der Waals surface area (Å²) in [5, 5.41) is 3.65. The van der Waals surface area contributed by atoms with E-state index < -0.39 is 0 Å². The summed E-state index contributed by atoms with van der Waals surface area (Å²) in [6, 6.07) is 5.13. The van der Waals surface area contributed by atoms with E-state index in [0.717, 1.165) is 12.5 Å². The summed E-state index contributed by atoms with van der Waals surface area (Å²) in [6.45, 7) is 12.2. The maximum absolute atomic E-state index is 3.66. The zero-order valence-electron chi connectivity index (χ0n) is 13.0. The molecule has 0 aliphatic rings. The fourth-order valence-electron chi connectivity index (χ4n) is 2.78. The fraction of sp³-hybridized carbons (Fsp3) is 0.647. The first-order valence-electron chi connectivity index (χ1n) is 7.49. The Bertz CT molecular complexity index is 377. The van der Waals surface area contributed by atoms with Crippen LogP contribution in [0.1, 0.15) is 62.8 Å². The van der Waals surface area contributed by atoms with Crippen LogP contribution in [-0.4, -0.2) is 6.54 Å². The van der Waals surface area contributed by atoms with Crippen molar-refractivity contribution in [3.8, 4) is 0 Å². The van der Waals surface area contributed by atoms with Crippen molar-refractivity contribution in [2.45, 2.75) is 59.9 Å². The van der Waals surface area contributed by atoms with Gasteiger partial charge in [-0.1, -0.05) is 61.7 Å². The van der Waals surface area contributed by atoms with Crippen molar-refractivity contribution in [3.63, 3.8) is 0 Å². The smallest absolute Gasteiger partial charge is 0.0322 e. The molecule has 0 heterocycles. The van der Waals surface area contributed by atoms with Crippen LogP contribution in [0.15, 0.2) is 16.6 Å². The molecule has 0 spiro atoms. The topological polar surface area (TPSA) is 12.0 Å². The third kappa shape index (κ3) is 4.92. The zero-order chi connectivity index (χ0) is 14.4. The number of rotatable bonds is 7. The first-order chi connectivity index (χ1) is 8.99. The summed E-state index contributed by atoms with van der Waals surface area (Å²) in [5.41, 5.74) is 4.10. The maximum Gasteiger partial charge on any atom is 0.0322 e. The summed E-state index contributed by atoms with van der Waals surface area (Å²) >= 11 is 3.66. The molecule has 1 aromatic carbocycles. The lowest BCUT2D eigenvalue weighted by Gasteiger charge is -2.23. The molecule has 1 aromatic rings. The molecule has 0 bridgehead atoms. The number of nitrogens with one attached hydrogen (secondary N) is 1. The molecule has 1 rings (SSSR count). The van der Waals surface area contributed by atoms with E-state index in [1.807, 2.05) is 0 Å². The van der Waals surface area contributed by atoms with Gasteiger partial charge < -0.3 is 5.32 Å². The van der Waals surface area contributed by atoms with Gasteiger partial charge in [0.15, 0.2) is 0 Å². The van der Waals surface area contributed by atoms with Crippen LogP contribution < -0.4 is 5.32 Å². The minimum Gasteiger partial charge on any atom is -0.310 e. The van der Waals surface area contributed by atoms with Gasteiger partial charge >= 0.3 is 0 Å². The van der Waals surface area contributed by atoms with E-state index in [-0.39, 0.29) is 0 Å². The minimum atomic E-state index is 0.483. The third-order valence-electron chi connectivity index (χ3n) is 3.73. The van der Waals surface area contributed by atoms with E-state index in [4.69, 9.17) is 0 Å². The Hall–Kier alpha value is -0.340. The van der Waals surface area contributed by atoms with E-state index in [0.29, 0.717) is 6.04 Å². The lowest BCUT2D eigenvalue weighted by Crippen LogP contribution is -2.23. The van der Waals surface area contributed by atoms with Gasteiger partial charge in [-0.25, -0.2) is 0 Å². The van der Waals surface area contributed by atoms with Crippen molar-refractivity contribution in [1.82, 2.24) is 5.32 Å². The Labute approximate surface area is 127 Å². The highest BCUT2D eigenvalue weighted by Gasteiger charge is 2.15. The molecule has 1 nitrogen and oxygen atoms in total. The van der Waals surface area contributed by atoms with Gasteiger partial charge in [0.1, 0.15) is 0 Å². The molecule has 0 radical (unpaired) electrons. The number of benzene rings is 1. The van der Waals surface area contributed by atoms with Gasteiger partial charge in [-0.05, 0) is 49.4 Å². The van der Waals surface area contributed by atoms with Gasteiger partial charge in [0.05, 0.1) is 0 Å². The normalized spacial score (nSPS) is 14.4. The van der Waals surface area contributed by atoms with Gasteiger partial charge in [-0.3, -0.25) is 0 Å². The van der Waals surface area contributed by atoms with Gasteiger partial charge in [-0.15, -0.1) is 0 Å². The van der Waals surface area contributed by atoms with Crippen LogP contribution in [-0.2, 0) is 0 Å². The van der Waals surface area contributed by atoms with Crippen LogP contribution >= 0.6 is 15.9 Å². The van der Waals surface area contributed by atoms with Crippen LogP contribution in [0.3, 0.4) is 0 Å². The number of hydrogen-bond donors (Lipinski definition) is 1. The van der Waals surface area contributed by atoms with E-state index in [9.17, 15) is 0 Å². The summed E-state index contributed by atoms with van der Waals surface area (Å²) in [6.07, 6.45) is 3.82. The SMILES string of the molecule is CCCC(C)CC(NCC)c1cc(C)c(Br)c(C)c1. The lowest BCUT2D eigenvalue weighted by molar-refractivity contribution is 0.395. The van der Waals surface area contributed by atoms with E-state index >= 15 is 0 Å². The molecule has 0 saturated heterocycles. The average molecular weight is 326 g/mol. The second-order valence-electron chi connectivity index (χ2n) is 5.71. The molecule has 2 atom stereocenters. The molecule has 108 valence electrons. The lowest BCUT2D eigenvalue weighted by atomic mass is 9.91. The highest BCUT2D eigenvalue weighted by molar-refractivity contribution is 9.10. The van der Waals surface area contributed by atoms with Crippen LogP contribution in [0.4, 0.5) is 0 Å². The van der Waals surface area contributed by atoms with E-state index in [1.165, 1.54) is 40.4 Å². The number of hydrogen-bond acceptors (Lipinski definition) is 1. The fourth-order valence-corrected chi connectivity index (χ4v) is 3.01. The van der Waals surface area contributed by atoms with Crippen LogP contribution in [0.5, 0.6) is 0 Å². The van der Waals surface area contributed by atoms with Crippen molar-refractivity contribution < 1.29 is 0 Å². The molecule has 19 heavy (non-hydrogen) atoms. The monoisotopic (exact) mass is 325 g/mol. The number of aryl methyl sites for hydroxylation is 2. The molecule has 2 unspecified atom stereocenters. The Morgan fingerprint density at radius 3 is 2.21 bits per heavy atom. The van der Waals surface area contributed by atoms with E-state index in [1.54, 1.807) is 0 Å². The van der Waals surface area contributed by atoms with Crippen molar-refractivity contribution in [2.75, 3.05) is 6.54 Å². The molecule has 0 aromatic heterocycles. The van der Waals surface area contributed by atoms with Crippen molar-refractivity contribution in [3.05, 3.63) is 33.3 Å².